The van der Waals surface area contributed by atoms with Gasteiger partial charge in [0.15, 0.2) is 11.5 Å². The lowest BCUT2D eigenvalue weighted by Crippen LogP contribution is -2.27. The van der Waals surface area contributed by atoms with Crippen molar-refractivity contribution in [2.45, 2.75) is 19.7 Å². The van der Waals surface area contributed by atoms with Crippen molar-refractivity contribution < 1.29 is 19.4 Å². The average molecular weight is 457 g/mol. The number of hydrogen-bond acceptors (Lipinski definition) is 7. The lowest BCUT2D eigenvalue weighted by atomic mass is 9.97. The van der Waals surface area contributed by atoms with Gasteiger partial charge in [0.05, 0.1) is 26.3 Å². The second kappa shape index (κ2) is 8.64. The lowest BCUT2D eigenvalue weighted by Gasteiger charge is -2.17. The number of nitrogens with two attached hydrogens (primary N) is 1. The largest absolute Gasteiger partial charge is 0.493 e. The van der Waals surface area contributed by atoms with Crippen LogP contribution >= 0.6 is 0 Å². The molecule has 1 aliphatic rings. The highest BCUT2D eigenvalue weighted by Gasteiger charge is 2.27. The van der Waals surface area contributed by atoms with Crippen LogP contribution in [0.25, 0.3) is 22.0 Å². The molecule has 0 aliphatic carbocycles. The summed E-state index contributed by atoms with van der Waals surface area (Å²) in [6.07, 6.45) is 0. The summed E-state index contributed by atoms with van der Waals surface area (Å²) in [5, 5.41) is 10.6. The van der Waals surface area contributed by atoms with Crippen LogP contribution in [0.2, 0.25) is 0 Å². The summed E-state index contributed by atoms with van der Waals surface area (Å²) in [6, 6.07) is 17.1. The van der Waals surface area contributed by atoms with Crippen LogP contribution in [-0.4, -0.2) is 40.1 Å². The van der Waals surface area contributed by atoms with Crippen LogP contribution < -0.4 is 15.2 Å². The Bertz CT molecular complexity index is 1390. The molecule has 1 amide bonds. The number of benzene rings is 3. The number of hydrogen-bond donors (Lipinski definition) is 2. The summed E-state index contributed by atoms with van der Waals surface area (Å²) < 4.78 is 10.8. The molecular formula is C26H24N4O4. The number of aliphatic hydroxyl groups is 1. The fourth-order valence-electron chi connectivity index (χ4n) is 4.42. The van der Waals surface area contributed by atoms with E-state index in [-0.39, 0.29) is 24.2 Å². The molecule has 172 valence electrons. The van der Waals surface area contributed by atoms with Crippen molar-refractivity contribution in [2.75, 3.05) is 20.0 Å². The van der Waals surface area contributed by atoms with Crippen molar-refractivity contribution in [3.63, 3.8) is 0 Å². The van der Waals surface area contributed by atoms with Crippen molar-refractivity contribution in [1.82, 2.24) is 14.9 Å². The zero-order valence-electron chi connectivity index (χ0n) is 18.9. The molecule has 3 N–H and O–H groups in total. The highest BCUT2D eigenvalue weighted by molar-refractivity contribution is 6.06. The van der Waals surface area contributed by atoms with Gasteiger partial charge in [0.25, 0.3) is 5.91 Å². The van der Waals surface area contributed by atoms with Gasteiger partial charge >= 0.3 is 0 Å². The van der Waals surface area contributed by atoms with Gasteiger partial charge in [0.2, 0.25) is 5.95 Å². The predicted octanol–water partition coefficient (Wildman–Crippen LogP) is 3.54. The van der Waals surface area contributed by atoms with Crippen LogP contribution in [-0.2, 0) is 19.7 Å². The van der Waals surface area contributed by atoms with Crippen molar-refractivity contribution >= 4 is 22.8 Å². The first-order valence-corrected chi connectivity index (χ1v) is 10.8. The Balaban J connectivity index is 1.61. The van der Waals surface area contributed by atoms with Crippen LogP contribution in [0.3, 0.4) is 0 Å². The molecule has 0 saturated carbocycles. The van der Waals surface area contributed by atoms with Crippen LogP contribution in [0.1, 0.15) is 27.2 Å². The van der Waals surface area contributed by atoms with E-state index >= 15 is 0 Å². The van der Waals surface area contributed by atoms with Crippen molar-refractivity contribution in [2.24, 2.45) is 0 Å². The number of nitrogen functional groups attached to an aromatic ring is 1. The van der Waals surface area contributed by atoms with E-state index < -0.39 is 0 Å². The number of methoxy groups -OCH3 is 2. The molecule has 1 aliphatic heterocycles. The van der Waals surface area contributed by atoms with Gasteiger partial charge < -0.3 is 25.2 Å². The Morgan fingerprint density at radius 1 is 1.00 bits per heavy atom. The van der Waals surface area contributed by atoms with E-state index in [1.165, 1.54) is 0 Å². The molecule has 0 bridgehead atoms. The summed E-state index contributed by atoms with van der Waals surface area (Å²) in [4.78, 5) is 24.0. The van der Waals surface area contributed by atoms with Crippen LogP contribution in [0.4, 0.5) is 5.95 Å². The normalized spacial score (nSPS) is 12.6. The maximum Gasteiger partial charge on any atom is 0.273 e. The van der Waals surface area contributed by atoms with E-state index in [9.17, 15) is 9.90 Å². The second-order valence-electron chi connectivity index (χ2n) is 8.11. The minimum absolute atomic E-state index is 0.0440. The van der Waals surface area contributed by atoms with Crippen LogP contribution in [0.15, 0.2) is 54.6 Å². The monoisotopic (exact) mass is 456 g/mol. The molecular weight excluding hydrogens is 432 g/mol. The Morgan fingerprint density at radius 3 is 2.32 bits per heavy atom. The molecule has 0 spiro atoms. The average Bonchev–Trinajstić information content (AvgIpc) is 3.31. The smallest absolute Gasteiger partial charge is 0.273 e. The fraction of sp³-hybridized carbons (Fsp3) is 0.192. The Hall–Kier alpha value is -4.17. The molecule has 8 nitrogen and oxygen atoms in total. The summed E-state index contributed by atoms with van der Waals surface area (Å²) in [5.74, 6) is 0.899. The SMILES string of the molecule is COc1cc(CO)c(-c2ccc3nc(N)nc(C(=O)N4Cc5ccccc5C4)c3c2)cc1OC. The number of ether oxygens (including phenoxy) is 2. The van der Waals surface area contributed by atoms with E-state index in [1.54, 1.807) is 31.3 Å². The number of nitrogens with zero attached hydrogens (tertiary/aromatic N) is 3. The van der Waals surface area contributed by atoms with Gasteiger partial charge in [-0.15, -0.1) is 0 Å². The number of fused-ring (bicyclic) bond motifs is 2. The Labute approximate surface area is 196 Å². The third-order valence-corrected chi connectivity index (χ3v) is 6.13. The topological polar surface area (TPSA) is 111 Å². The molecule has 1 aromatic heterocycles. The maximum atomic E-state index is 13.5. The van der Waals surface area contributed by atoms with Gasteiger partial charge in [-0.3, -0.25) is 4.79 Å². The van der Waals surface area contributed by atoms with Gasteiger partial charge in [-0.1, -0.05) is 30.3 Å². The van der Waals surface area contributed by atoms with Gasteiger partial charge in [0.1, 0.15) is 5.69 Å². The first kappa shape index (κ1) is 21.7. The third kappa shape index (κ3) is 3.68. The van der Waals surface area contributed by atoms with E-state index in [1.807, 2.05) is 42.5 Å². The summed E-state index contributed by atoms with van der Waals surface area (Å²) in [5.41, 5.74) is 11.2. The van der Waals surface area contributed by atoms with E-state index in [0.29, 0.717) is 41.1 Å². The number of aromatic nitrogens is 2. The molecule has 5 rings (SSSR count). The molecule has 2 heterocycles. The zero-order chi connectivity index (χ0) is 23.8. The molecule has 3 aromatic carbocycles. The van der Waals surface area contributed by atoms with Crippen molar-refractivity contribution in [3.8, 4) is 22.6 Å². The highest BCUT2D eigenvalue weighted by Crippen LogP contribution is 2.37. The van der Waals surface area contributed by atoms with Crippen LogP contribution in [0, 0.1) is 0 Å². The molecule has 0 fully saturated rings. The quantitative estimate of drug-likeness (QED) is 0.472. The fourth-order valence-corrected chi connectivity index (χ4v) is 4.42. The van der Waals surface area contributed by atoms with Gasteiger partial charge in [-0.25, -0.2) is 9.97 Å². The van der Waals surface area contributed by atoms with Gasteiger partial charge in [0, 0.05) is 18.5 Å². The van der Waals surface area contributed by atoms with Gasteiger partial charge in [-0.05, 0) is 52.1 Å². The molecule has 0 saturated heterocycles. The minimum atomic E-state index is -0.206. The number of anilines is 1. The van der Waals surface area contributed by atoms with Crippen molar-refractivity contribution in [1.29, 1.82) is 0 Å². The molecule has 4 aromatic rings. The summed E-state index contributed by atoms with van der Waals surface area (Å²) in [7, 11) is 3.10. The summed E-state index contributed by atoms with van der Waals surface area (Å²) in [6.45, 7) is 0.846. The number of aliphatic hydroxyl groups excluding tert-OH is 1. The zero-order valence-corrected chi connectivity index (χ0v) is 18.9. The predicted molar refractivity (Wildman–Crippen MR) is 128 cm³/mol. The summed E-state index contributed by atoms with van der Waals surface area (Å²) >= 11 is 0. The molecule has 0 radical (unpaired) electrons. The number of rotatable bonds is 5. The number of carbonyl (C=O) groups excluding carboxylic acids is 1. The number of carbonyl (C=O) groups is 1. The van der Waals surface area contributed by atoms with E-state index in [0.717, 1.165) is 22.3 Å². The number of amides is 1. The lowest BCUT2D eigenvalue weighted by molar-refractivity contribution is 0.0747. The molecule has 0 unspecified atom stereocenters. The van der Waals surface area contributed by atoms with Gasteiger partial charge in [-0.2, -0.15) is 0 Å². The first-order valence-electron chi connectivity index (χ1n) is 10.8. The Morgan fingerprint density at radius 2 is 1.68 bits per heavy atom. The Kier molecular flexibility index (Phi) is 5.51. The third-order valence-electron chi connectivity index (χ3n) is 6.13. The standard InChI is InChI=1S/C26H24N4O4/c1-33-22-10-18(14-31)19(11-23(22)34-2)15-7-8-21-20(9-15)24(29-26(27)28-21)25(32)30-12-16-5-3-4-6-17(16)13-30/h3-11,31H,12-14H2,1-2H3,(H2,27,28,29). The molecule has 8 heteroatoms. The van der Waals surface area contributed by atoms with Crippen molar-refractivity contribution in [3.05, 3.63) is 77.0 Å². The van der Waals surface area contributed by atoms with Crippen LogP contribution in [0.5, 0.6) is 11.5 Å². The maximum absolute atomic E-state index is 13.5. The minimum Gasteiger partial charge on any atom is -0.493 e. The first-order chi connectivity index (χ1) is 16.5. The highest BCUT2D eigenvalue weighted by atomic mass is 16.5. The molecule has 0 atom stereocenters. The molecule has 34 heavy (non-hydrogen) atoms. The second-order valence-corrected chi connectivity index (χ2v) is 8.11. The van der Waals surface area contributed by atoms with E-state index in [4.69, 9.17) is 15.2 Å². The van der Waals surface area contributed by atoms with E-state index in [2.05, 4.69) is 9.97 Å².